The molecular weight excluding hydrogens is 212 g/mol. The first-order chi connectivity index (χ1) is 7.63. The summed E-state index contributed by atoms with van der Waals surface area (Å²) in [6.07, 6.45) is 2.06. The van der Waals surface area contributed by atoms with Crippen LogP contribution in [0.15, 0.2) is 11.5 Å². The van der Waals surface area contributed by atoms with E-state index >= 15 is 0 Å². The molecule has 1 heterocycles. The van der Waals surface area contributed by atoms with Gasteiger partial charge in [0.1, 0.15) is 18.0 Å². The zero-order valence-corrected chi connectivity index (χ0v) is 8.92. The lowest BCUT2D eigenvalue weighted by atomic mass is 10.3. The number of aromatic nitrogens is 3. The van der Waals surface area contributed by atoms with Crippen LogP contribution in [0.3, 0.4) is 0 Å². The third-order valence-electron chi connectivity index (χ3n) is 1.95. The molecule has 0 fully saturated rings. The predicted octanol–water partition coefficient (Wildman–Crippen LogP) is -1.39. The van der Waals surface area contributed by atoms with Gasteiger partial charge in [-0.1, -0.05) is 5.16 Å². The maximum Gasteiger partial charge on any atom is 0.227 e. The summed E-state index contributed by atoms with van der Waals surface area (Å²) < 4.78 is 1.77. The SMILES string of the molecule is Cn1cnnc1CCNC(=O)CC(N)=NO. The molecule has 8 nitrogen and oxygen atoms in total. The molecule has 88 valence electrons. The van der Waals surface area contributed by atoms with E-state index in [4.69, 9.17) is 10.9 Å². The minimum atomic E-state index is -0.294. The van der Waals surface area contributed by atoms with Crippen LogP contribution < -0.4 is 11.1 Å². The van der Waals surface area contributed by atoms with Gasteiger partial charge in [-0.2, -0.15) is 0 Å². The van der Waals surface area contributed by atoms with E-state index in [0.717, 1.165) is 5.82 Å². The van der Waals surface area contributed by atoms with Gasteiger partial charge in [0.05, 0.1) is 6.42 Å². The summed E-state index contributed by atoms with van der Waals surface area (Å²) in [4.78, 5) is 11.2. The van der Waals surface area contributed by atoms with Crippen molar-refractivity contribution in [3.8, 4) is 0 Å². The first kappa shape index (κ1) is 12.0. The lowest BCUT2D eigenvalue weighted by Crippen LogP contribution is -2.30. The van der Waals surface area contributed by atoms with Crippen molar-refractivity contribution >= 4 is 11.7 Å². The minimum absolute atomic E-state index is 0.115. The molecule has 0 saturated heterocycles. The zero-order valence-electron chi connectivity index (χ0n) is 8.92. The fraction of sp³-hybridized carbons (Fsp3) is 0.500. The number of nitrogens with two attached hydrogens (primary N) is 1. The van der Waals surface area contributed by atoms with Crippen LogP contribution in [-0.2, 0) is 18.3 Å². The van der Waals surface area contributed by atoms with Crippen molar-refractivity contribution in [1.29, 1.82) is 0 Å². The summed E-state index contributed by atoms with van der Waals surface area (Å²) in [6.45, 7) is 0.435. The van der Waals surface area contributed by atoms with Crippen LogP contribution in [0.2, 0.25) is 0 Å². The molecule has 0 saturated carbocycles. The van der Waals surface area contributed by atoms with Crippen molar-refractivity contribution in [2.24, 2.45) is 17.9 Å². The first-order valence-corrected chi connectivity index (χ1v) is 4.69. The smallest absolute Gasteiger partial charge is 0.227 e. The number of rotatable bonds is 5. The van der Waals surface area contributed by atoms with Crippen molar-refractivity contribution in [3.05, 3.63) is 12.2 Å². The lowest BCUT2D eigenvalue weighted by Gasteiger charge is -2.03. The highest BCUT2D eigenvalue weighted by molar-refractivity contribution is 5.98. The van der Waals surface area contributed by atoms with Gasteiger partial charge in [0.15, 0.2) is 0 Å². The summed E-state index contributed by atoms with van der Waals surface area (Å²) in [7, 11) is 1.83. The summed E-state index contributed by atoms with van der Waals surface area (Å²) in [5, 5.41) is 21.2. The molecule has 0 atom stereocenters. The highest BCUT2D eigenvalue weighted by Gasteiger charge is 2.05. The predicted molar refractivity (Wildman–Crippen MR) is 55.7 cm³/mol. The number of carbonyl (C=O) groups is 1. The molecule has 0 aromatic carbocycles. The Kier molecular flexibility index (Phi) is 4.25. The van der Waals surface area contributed by atoms with Crippen LogP contribution in [0.5, 0.6) is 0 Å². The van der Waals surface area contributed by atoms with Gasteiger partial charge in [-0.15, -0.1) is 10.2 Å². The Morgan fingerprint density at radius 3 is 3.06 bits per heavy atom. The van der Waals surface area contributed by atoms with Crippen LogP contribution >= 0.6 is 0 Å². The number of amides is 1. The molecular formula is C8H14N6O2. The second kappa shape index (κ2) is 5.69. The van der Waals surface area contributed by atoms with Crippen molar-refractivity contribution in [2.75, 3.05) is 6.54 Å². The Bertz CT molecular complexity index is 386. The summed E-state index contributed by atoms with van der Waals surface area (Å²) in [5.74, 6) is 0.373. The minimum Gasteiger partial charge on any atom is -0.409 e. The van der Waals surface area contributed by atoms with Gasteiger partial charge in [0.2, 0.25) is 5.91 Å². The van der Waals surface area contributed by atoms with Crippen molar-refractivity contribution in [3.63, 3.8) is 0 Å². The van der Waals surface area contributed by atoms with Gasteiger partial charge in [-0.3, -0.25) is 4.79 Å². The van der Waals surface area contributed by atoms with E-state index < -0.39 is 0 Å². The van der Waals surface area contributed by atoms with Gasteiger partial charge in [0, 0.05) is 20.0 Å². The average molecular weight is 226 g/mol. The Morgan fingerprint density at radius 2 is 2.50 bits per heavy atom. The number of hydrogen-bond donors (Lipinski definition) is 3. The van der Waals surface area contributed by atoms with E-state index in [1.165, 1.54) is 0 Å². The third kappa shape index (κ3) is 3.56. The fourth-order valence-corrected chi connectivity index (χ4v) is 1.11. The van der Waals surface area contributed by atoms with Crippen molar-refractivity contribution in [1.82, 2.24) is 20.1 Å². The molecule has 1 aromatic heterocycles. The Labute approximate surface area is 92.1 Å². The molecule has 0 unspecified atom stereocenters. The molecule has 16 heavy (non-hydrogen) atoms. The van der Waals surface area contributed by atoms with E-state index in [1.807, 2.05) is 7.05 Å². The van der Waals surface area contributed by atoms with Crippen molar-refractivity contribution < 1.29 is 10.0 Å². The summed E-state index contributed by atoms with van der Waals surface area (Å²) >= 11 is 0. The largest absolute Gasteiger partial charge is 0.409 e. The van der Waals surface area contributed by atoms with Crippen LogP contribution in [0, 0.1) is 0 Å². The van der Waals surface area contributed by atoms with Crippen LogP contribution in [0.25, 0.3) is 0 Å². The quantitative estimate of drug-likeness (QED) is 0.247. The molecule has 0 aliphatic rings. The summed E-state index contributed by atoms with van der Waals surface area (Å²) in [5.41, 5.74) is 5.18. The van der Waals surface area contributed by atoms with Gasteiger partial charge in [-0.05, 0) is 0 Å². The Balaban J connectivity index is 2.26. The van der Waals surface area contributed by atoms with Gasteiger partial charge >= 0.3 is 0 Å². The van der Waals surface area contributed by atoms with E-state index in [0.29, 0.717) is 13.0 Å². The van der Waals surface area contributed by atoms with Gasteiger partial charge in [-0.25, -0.2) is 0 Å². The van der Waals surface area contributed by atoms with Crippen LogP contribution in [-0.4, -0.2) is 38.3 Å². The van der Waals surface area contributed by atoms with E-state index in [9.17, 15) is 4.79 Å². The molecule has 0 bridgehead atoms. The Morgan fingerprint density at radius 1 is 1.75 bits per heavy atom. The van der Waals surface area contributed by atoms with Crippen molar-refractivity contribution in [2.45, 2.75) is 12.8 Å². The number of aryl methyl sites for hydroxylation is 1. The second-order valence-electron chi connectivity index (χ2n) is 3.23. The number of hydrogen-bond acceptors (Lipinski definition) is 5. The maximum absolute atomic E-state index is 11.2. The second-order valence-corrected chi connectivity index (χ2v) is 3.23. The first-order valence-electron chi connectivity index (χ1n) is 4.69. The molecule has 1 rings (SSSR count). The number of oxime groups is 1. The molecule has 0 aliphatic carbocycles. The third-order valence-corrected chi connectivity index (χ3v) is 1.95. The highest BCUT2D eigenvalue weighted by atomic mass is 16.4. The molecule has 0 radical (unpaired) electrons. The molecule has 1 aromatic rings. The lowest BCUT2D eigenvalue weighted by molar-refractivity contribution is -0.119. The average Bonchev–Trinajstić information content (AvgIpc) is 2.64. The standard InChI is InChI=1S/C8H14N6O2/c1-14-5-11-12-7(14)2-3-10-8(15)4-6(9)13-16/h5,16H,2-4H2,1H3,(H2,9,13)(H,10,15). The van der Waals surface area contributed by atoms with Crippen LogP contribution in [0.1, 0.15) is 12.2 Å². The maximum atomic E-state index is 11.2. The number of amidine groups is 1. The molecule has 4 N–H and O–H groups in total. The number of carbonyl (C=O) groups excluding carboxylic acids is 1. The fourth-order valence-electron chi connectivity index (χ4n) is 1.11. The van der Waals surface area contributed by atoms with E-state index in [-0.39, 0.29) is 18.2 Å². The molecule has 8 heteroatoms. The number of nitrogens with zero attached hydrogens (tertiary/aromatic N) is 4. The molecule has 1 amide bonds. The summed E-state index contributed by atoms with van der Waals surface area (Å²) in [6, 6.07) is 0. The topological polar surface area (TPSA) is 118 Å². The normalized spacial score (nSPS) is 11.4. The van der Waals surface area contributed by atoms with E-state index in [2.05, 4.69) is 20.7 Å². The Hall–Kier alpha value is -2.12. The van der Waals surface area contributed by atoms with Crippen LogP contribution in [0.4, 0.5) is 0 Å². The zero-order chi connectivity index (χ0) is 12.0. The van der Waals surface area contributed by atoms with Gasteiger partial charge < -0.3 is 20.8 Å². The highest BCUT2D eigenvalue weighted by Crippen LogP contribution is 1.91. The number of nitrogens with one attached hydrogen (secondary N) is 1. The molecule has 0 spiro atoms. The van der Waals surface area contributed by atoms with Gasteiger partial charge in [0.25, 0.3) is 0 Å². The van der Waals surface area contributed by atoms with E-state index in [1.54, 1.807) is 10.9 Å². The monoisotopic (exact) mass is 226 g/mol. The molecule has 0 aliphatic heterocycles.